The lowest BCUT2D eigenvalue weighted by Gasteiger charge is -2.05. The van der Waals surface area contributed by atoms with Crippen LogP contribution in [0, 0.1) is 13.8 Å². The zero-order chi connectivity index (χ0) is 10.8. The Morgan fingerprint density at radius 2 is 1.80 bits per heavy atom. The quantitative estimate of drug-likeness (QED) is 0.686. The molecule has 0 amide bonds. The third-order valence-corrected chi connectivity index (χ3v) is 2.43. The van der Waals surface area contributed by atoms with Gasteiger partial charge < -0.3 is 0 Å². The number of pyridine rings is 2. The van der Waals surface area contributed by atoms with Crippen LogP contribution in [0.25, 0.3) is 11.3 Å². The van der Waals surface area contributed by atoms with E-state index in [0.717, 1.165) is 22.6 Å². The monoisotopic (exact) mass is 218 g/mol. The first-order valence-electron chi connectivity index (χ1n) is 4.74. The fourth-order valence-electron chi connectivity index (χ4n) is 1.52. The Labute approximate surface area is 94.0 Å². The van der Waals surface area contributed by atoms with Gasteiger partial charge in [0.15, 0.2) is 0 Å². The van der Waals surface area contributed by atoms with E-state index in [1.807, 2.05) is 38.1 Å². The number of hydrogen-bond donors (Lipinski definition) is 0. The molecular formula is C12H11ClN2. The van der Waals surface area contributed by atoms with Gasteiger partial charge >= 0.3 is 0 Å². The van der Waals surface area contributed by atoms with Crippen LogP contribution in [0.1, 0.15) is 11.4 Å². The molecule has 2 rings (SSSR count). The maximum atomic E-state index is 5.85. The zero-order valence-electron chi connectivity index (χ0n) is 8.66. The first-order chi connectivity index (χ1) is 7.16. The van der Waals surface area contributed by atoms with Crippen LogP contribution < -0.4 is 0 Å². The Hall–Kier alpha value is -1.41. The summed E-state index contributed by atoms with van der Waals surface area (Å²) in [5.74, 6) is 0. The lowest BCUT2D eigenvalue weighted by molar-refractivity contribution is 1.12. The van der Waals surface area contributed by atoms with E-state index in [1.165, 1.54) is 0 Å². The standard InChI is InChI=1S/C12H11ClN2/c1-8-6-7-10(9(2)14-8)11-4-3-5-12(13)15-11/h3-7H,1-2H3. The van der Waals surface area contributed by atoms with Crippen molar-refractivity contribution < 1.29 is 0 Å². The molecular weight excluding hydrogens is 208 g/mol. The maximum Gasteiger partial charge on any atom is 0.129 e. The highest BCUT2D eigenvalue weighted by molar-refractivity contribution is 6.29. The number of halogens is 1. The molecule has 2 nitrogen and oxygen atoms in total. The van der Waals surface area contributed by atoms with Gasteiger partial charge in [-0.15, -0.1) is 0 Å². The summed E-state index contributed by atoms with van der Waals surface area (Å²) in [6.07, 6.45) is 0. The summed E-state index contributed by atoms with van der Waals surface area (Å²) >= 11 is 5.85. The molecule has 15 heavy (non-hydrogen) atoms. The van der Waals surface area contributed by atoms with Crippen LogP contribution >= 0.6 is 11.6 Å². The van der Waals surface area contributed by atoms with Gasteiger partial charge in [-0.1, -0.05) is 17.7 Å². The Balaban J connectivity index is 2.54. The second-order valence-corrected chi connectivity index (χ2v) is 3.82. The van der Waals surface area contributed by atoms with Crippen molar-refractivity contribution >= 4 is 11.6 Å². The zero-order valence-corrected chi connectivity index (χ0v) is 9.42. The van der Waals surface area contributed by atoms with Crippen LogP contribution in [-0.4, -0.2) is 9.97 Å². The summed E-state index contributed by atoms with van der Waals surface area (Å²) in [7, 11) is 0. The topological polar surface area (TPSA) is 25.8 Å². The van der Waals surface area contributed by atoms with Crippen LogP contribution in [0.15, 0.2) is 30.3 Å². The van der Waals surface area contributed by atoms with Gasteiger partial charge in [-0.2, -0.15) is 0 Å². The average molecular weight is 219 g/mol. The molecule has 2 heterocycles. The SMILES string of the molecule is Cc1ccc(-c2cccc(Cl)n2)c(C)n1. The predicted octanol–water partition coefficient (Wildman–Crippen LogP) is 3.41. The molecule has 0 spiro atoms. The lowest BCUT2D eigenvalue weighted by Crippen LogP contribution is -1.92. The van der Waals surface area contributed by atoms with Crippen LogP contribution in [-0.2, 0) is 0 Å². The molecule has 0 saturated heterocycles. The molecule has 0 aliphatic heterocycles. The summed E-state index contributed by atoms with van der Waals surface area (Å²) in [4.78, 5) is 8.66. The molecule has 0 atom stereocenters. The summed E-state index contributed by atoms with van der Waals surface area (Å²) in [6.45, 7) is 3.95. The molecule has 0 unspecified atom stereocenters. The lowest BCUT2D eigenvalue weighted by atomic mass is 10.1. The smallest absolute Gasteiger partial charge is 0.129 e. The number of rotatable bonds is 1. The molecule has 2 aromatic rings. The van der Waals surface area contributed by atoms with Gasteiger partial charge in [-0.05, 0) is 38.1 Å². The predicted molar refractivity (Wildman–Crippen MR) is 62.0 cm³/mol. The number of aryl methyl sites for hydroxylation is 2. The molecule has 0 fully saturated rings. The third-order valence-electron chi connectivity index (χ3n) is 2.22. The second-order valence-electron chi connectivity index (χ2n) is 3.43. The van der Waals surface area contributed by atoms with Crippen LogP contribution in [0.2, 0.25) is 5.15 Å². The largest absolute Gasteiger partial charge is 0.258 e. The van der Waals surface area contributed by atoms with Gasteiger partial charge in [0.1, 0.15) is 5.15 Å². The summed E-state index contributed by atoms with van der Waals surface area (Å²) in [6, 6.07) is 9.60. The molecule has 0 aromatic carbocycles. The highest BCUT2D eigenvalue weighted by Gasteiger charge is 2.04. The van der Waals surface area contributed by atoms with Gasteiger partial charge in [0.2, 0.25) is 0 Å². The third kappa shape index (κ3) is 2.16. The number of nitrogens with zero attached hydrogens (tertiary/aromatic N) is 2. The molecule has 76 valence electrons. The van der Waals surface area contributed by atoms with Crippen LogP contribution in [0.3, 0.4) is 0 Å². The van der Waals surface area contributed by atoms with E-state index in [4.69, 9.17) is 11.6 Å². The number of aromatic nitrogens is 2. The van der Waals surface area contributed by atoms with E-state index in [-0.39, 0.29) is 0 Å². The summed E-state index contributed by atoms with van der Waals surface area (Å²) in [5, 5.41) is 0.507. The first-order valence-corrected chi connectivity index (χ1v) is 5.12. The van der Waals surface area contributed by atoms with E-state index >= 15 is 0 Å². The Kier molecular flexibility index (Phi) is 2.69. The van der Waals surface area contributed by atoms with Crippen molar-refractivity contribution in [1.29, 1.82) is 0 Å². The van der Waals surface area contributed by atoms with Crippen molar-refractivity contribution in [2.75, 3.05) is 0 Å². The molecule has 0 saturated carbocycles. The van der Waals surface area contributed by atoms with Crippen molar-refractivity contribution in [2.45, 2.75) is 13.8 Å². The molecule has 0 radical (unpaired) electrons. The second kappa shape index (κ2) is 3.99. The van der Waals surface area contributed by atoms with Crippen molar-refractivity contribution in [3.63, 3.8) is 0 Å². The van der Waals surface area contributed by atoms with Crippen molar-refractivity contribution in [1.82, 2.24) is 9.97 Å². The number of hydrogen-bond acceptors (Lipinski definition) is 2. The minimum atomic E-state index is 0.507. The van der Waals surface area contributed by atoms with Gasteiger partial charge in [0.25, 0.3) is 0 Å². The molecule has 0 aliphatic carbocycles. The minimum Gasteiger partial charge on any atom is -0.258 e. The fraction of sp³-hybridized carbons (Fsp3) is 0.167. The minimum absolute atomic E-state index is 0.507. The fourth-order valence-corrected chi connectivity index (χ4v) is 1.68. The Bertz CT molecular complexity index is 495. The molecule has 0 N–H and O–H groups in total. The van der Waals surface area contributed by atoms with Gasteiger partial charge in [0, 0.05) is 17.0 Å². The van der Waals surface area contributed by atoms with E-state index in [1.54, 1.807) is 6.07 Å². The highest BCUT2D eigenvalue weighted by Crippen LogP contribution is 2.21. The normalized spacial score (nSPS) is 10.3. The summed E-state index contributed by atoms with van der Waals surface area (Å²) in [5.41, 5.74) is 3.89. The summed E-state index contributed by atoms with van der Waals surface area (Å²) < 4.78 is 0. The Morgan fingerprint density at radius 1 is 1.00 bits per heavy atom. The Morgan fingerprint density at radius 3 is 2.47 bits per heavy atom. The van der Waals surface area contributed by atoms with Gasteiger partial charge in [0.05, 0.1) is 5.69 Å². The van der Waals surface area contributed by atoms with E-state index in [2.05, 4.69) is 9.97 Å². The van der Waals surface area contributed by atoms with Gasteiger partial charge in [-0.25, -0.2) is 4.98 Å². The van der Waals surface area contributed by atoms with Gasteiger partial charge in [-0.3, -0.25) is 4.98 Å². The molecule has 2 aromatic heterocycles. The van der Waals surface area contributed by atoms with Crippen LogP contribution in [0.5, 0.6) is 0 Å². The van der Waals surface area contributed by atoms with E-state index in [0.29, 0.717) is 5.15 Å². The van der Waals surface area contributed by atoms with Crippen molar-refractivity contribution in [3.8, 4) is 11.3 Å². The maximum absolute atomic E-state index is 5.85. The van der Waals surface area contributed by atoms with Crippen molar-refractivity contribution in [2.24, 2.45) is 0 Å². The molecule has 3 heteroatoms. The molecule has 0 bridgehead atoms. The van der Waals surface area contributed by atoms with E-state index < -0.39 is 0 Å². The van der Waals surface area contributed by atoms with Crippen molar-refractivity contribution in [3.05, 3.63) is 46.9 Å². The highest BCUT2D eigenvalue weighted by atomic mass is 35.5. The van der Waals surface area contributed by atoms with Crippen LogP contribution in [0.4, 0.5) is 0 Å². The first kappa shape index (κ1) is 10.1. The molecule has 0 aliphatic rings. The van der Waals surface area contributed by atoms with E-state index in [9.17, 15) is 0 Å². The average Bonchev–Trinajstić information content (AvgIpc) is 2.17.